The van der Waals surface area contributed by atoms with Crippen molar-refractivity contribution in [2.45, 2.75) is 19.2 Å². The predicted octanol–water partition coefficient (Wildman–Crippen LogP) is 1.64. The van der Waals surface area contributed by atoms with Gasteiger partial charge in [-0.05, 0) is 32.6 Å². The number of aryl methyl sites for hydroxylation is 1. The fourth-order valence-corrected chi connectivity index (χ4v) is 3.82. The van der Waals surface area contributed by atoms with Crippen molar-refractivity contribution in [1.82, 2.24) is 4.90 Å². The van der Waals surface area contributed by atoms with E-state index >= 15 is 0 Å². The largest absolute Gasteiger partial charge is 0.381 e. The second kappa shape index (κ2) is 8.28. The Morgan fingerprint density at radius 2 is 2.15 bits per heavy atom. The number of hydrogen-bond acceptors (Lipinski definition) is 5. The standard InChI is InChI=1S/C13H23N5S2/c1-9-6-10(20-11(9)7-18(2)3)8-19-5-4-17-13(16)12(14)15/h6H,4-5,7-8H2,1-3H3,(H3,14,15)(H2,16,17). The Labute approximate surface area is 128 Å². The van der Waals surface area contributed by atoms with Crippen LogP contribution in [0.25, 0.3) is 0 Å². The quantitative estimate of drug-likeness (QED) is 0.405. The van der Waals surface area contributed by atoms with E-state index in [0.717, 1.165) is 18.1 Å². The average molecular weight is 313 g/mol. The van der Waals surface area contributed by atoms with Crippen LogP contribution in [0.5, 0.6) is 0 Å². The number of aliphatic imine (C=N–C) groups is 1. The van der Waals surface area contributed by atoms with Gasteiger partial charge >= 0.3 is 0 Å². The van der Waals surface area contributed by atoms with Crippen LogP contribution in [0.1, 0.15) is 15.3 Å². The third-order valence-electron chi connectivity index (χ3n) is 2.57. The molecule has 1 heterocycles. The van der Waals surface area contributed by atoms with Crippen LogP contribution in [0, 0.1) is 12.3 Å². The van der Waals surface area contributed by atoms with E-state index in [4.69, 9.17) is 16.9 Å². The van der Waals surface area contributed by atoms with Gasteiger partial charge in [-0.25, -0.2) is 0 Å². The zero-order valence-corrected chi connectivity index (χ0v) is 13.9. The van der Waals surface area contributed by atoms with Gasteiger partial charge in [0.05, 0.1) is 6.54 Å². The predicted molar refractivity (Wildman–Crippen MR) is 91.0 cm³/mol. The molecule has 0 atom stereocenters. The minimum atomic E-state index is -0.155. The topological polar surface area (TPSA) is 91.5 Å². The first-order valence-electron chi connectivity index (χ1n) is 6.35. The maximum absolute atomic E-state index is 7.11. The second-order valence-corrected chi connectivity index (χ2v) is 7.12. The fourth-order valence-electron chi connectivity index (χ4n) is 1.59. The molecule has 0 unspecified atom stereocenters. The number of thiophene rings is 1. The minimum Gasteiger partial charge on any atom is -0.381 e. The van der Waals surface area contributed by atoms with Gasteiger partial charge in [0.2, 0.25) is 0 Å². The van der Waals surface area contributed by atoms with Crippen LogP contribution < -0.4 is 11.5 Å². The lowest BCUT2D eigenvalue weighted by atomic mass is 10.2. The first kappa shape index (κ1) is 17.0. The van der Waals surface area contributed by atoms with Crippen LogP contribution >= 0.6 is 23.1 Å². The molecule has 0 saturated carbocycles. The lowest BCUT2D eigenvalue weighted by Gasteiger charge is -2.07. The molecule has 0 aliphatic heterocycles. The molecule has 1 rings (SSSR count). The normalized spacial score (nSPS) is 12.1. The summed E-state index contributed by atoms with van der Waals surface area (Å²) < 4.78 is 0. The Morgan fingerprint density at radius 1 is 1.45 bits per heavy atom. The van der Waals surface area contributed by atoms with Crippen LogP contribution in [0.3, 0.4) is 0 Å². The summed E-state index contributed by atoms with van der Waals surface area (Å²) in [5.74, 6) is 1.85. The van der Waals surface area contributed by atoms with Crippen molar-refractivity contribution in [3.05, 3.63) is 21.4 Å². The Kier molecular flexibility index (Phi) is 7.04. The maximum Gasteiger partial charge on any atom is 0.161 e. The molecular formula is C13H23N5S2. The van der Waals surface area contributed by atoms with Gasteiger partial charge in [0.1, 0.15) is 0 Å². The number of nitrogens with one attached hydrogen (secondary N) is 1. The lowest BCUT2D eigenvalue weighted by molar-refractivity contribution is 0.405. The zero-order chi connectivity index (χ0) is 15.1. The highest BCUT2D eigenvalue weighted by molar-refractivity contribution is 7.98. The van der Waals surface area contributed by atoms with Gasteiger partial charge in [0.25, 0.3) is 0 Å². The Bertz CT molecular complexity index is 479. The van der Waals surface area contributed by atoms with Gasteiger partial charge in [-0.15, -0.1) is 11.3 Å². The molecule has 1 aromatic heterocycles. The summed E-state index contributed by atoms with van der Waals surface area (Å²) in [6, 6.07) is 2.27. The first-order valence-corrected chi connectivity index (χ1v) is 8.32. The molecule has 0 aliphatic carbocycles. The van der Waals surface area contributed by atoms with Gasteiger partial charge in [-0.1, -0.05) is 0 Å². The molecular weight excluding hydrogens is 290 g/mol. The second-order valence-electron chi connectivity index (χ2n) is 4.79. The van der Waals surface area contributed by atoms with Crippen molar-refractivity contribution in [3.8, 4) is 0 Å². The molecule has 0 saturated heterocycles. The van der Waals surface area contributed by atoms with Gasteiger partial charge in [-0.2, -0.15) is 11.8 Å². The first-order chi connectivity index (χ1) is 9.40. The van der Waals surface area contributed by atoms with Crippen LogP contribution in [-0.2, 0) is 12.3 Å². The van der Waals surface area contributed by atoms with Crippen molar-refractivity contribution in [2.75, 3.05) is 26.4 Å². The number of nitrogens with zero attached hydrogens (tertiary/aromatic N) is 2. The van der Waals surface area contributed by atoms with E-state index in [-0.39, 0.29) is 11.7 Å². The summed E-state index contributed by atoms with van der Waals surface area (Å²) in [5, 5.41) is 7.11. The molecule has 7 heteroatoms. The van der Waals surface area contributed by atoms with Crippen molar-refractivity contribution in [3.63, 3.8) is 0 Å². The van der Waals surface area contributed by atoms with Gasteiger partial charge < -0.3 is 16.4 Å². The molecule has 1 aromatic rings. The smallest absolute Gasteiger partial charge is 0.161 e. The van der Waals surface area contributed by atoms with E-state index in [1.165, 1.54) is 15.3 Å². The van der Waals surface area contributed by atoms with Crippen LogP contribution in [0.4, 0.5) is 0 Å². The van der Waals surface area contributed by atoms with Crippen molar-refractivity contribution >= 4 is 34.8 Å². The van der Waals surface area contributed by atoms with Gasteiger partial charge in [-0.3, -0.25) is 10.4 Å². The van der Waals surface area contributed by atoms with E-state index in [9.17, 15) is 0 Å². The molecule has 5 N–H and O–H groups in total. The Hall–Kier alpha value is -1.05. The van der Waals surface area contributed by atoms with Crippen LogP contribution in [-0.4, -0.2) is 43.0 Å². The van der Waals surface area contributed by atoms with E-state index in [0.29, 0.717) is 6.54 Å². The SMILES string of the molecule is Cc1cc(CSCCN=C(N)C(=N)N)sc1CN(C)C. The minimum absolute atomic E-state index is 0.130. The molecule has 0 spiro atoms. The summed E-state index contributed by atoms with van der Waals surface area (Å²) in [6.07, 6.45) is 0. The highest BCUT2D eigenvalue weighted by Crippen LogP contribution is 2.26. The number of amidine groups is 2. The lowest BCUT2D eigenvalue weighted by Crippen LogP contribution is -2.30. The molecule has 0 bridgehead atoms. The summed E-state index contributed by atoms with van der Waals surface area (Å²) >= 11 is 3.70. The van der Waals surface area contributed by atoms with Gasteiger partial charge in [0, 0.05) is 27.8 Å². The zero-order valence-electron chi connectivity index (χ0n) is 12.3. The Morgan fingerprint density at radius 3 is 2.75 bits per heavy atom. The summed E-state index contributed by atoms with van der Waals surface area (Å²) in [4.78, 5) is 9.06. The molecule has 0 fully saturated rings. The van der Waals surface area contributed by atoms with Crippen LogP contribution in [0.2, 0.25) is 0 Å². The van der Waals surface area contributed by atoms with Crippen molar-refractivity contribution in [1.29, 1.82) is 5.41 Å². The number of nitrogens with two attached hydrogens (primary N) is 2. The summed E-state index contributed by atoms with van der Waals surface area (Å²) in [6.45, 7) is 3.77. The van der Waals surface area contributed by atoms with Crippen molar-refractivity contribution < 1.29 is 0 Å². The third kappa shape index (κ3) is 5.94. The van der Waals surface area contributed by atoms with E-state index in [2.05, 4.69) is 37.0 Å². The molecule has 5 nitrogen and oxygen atoms in total. The number of rotatable bonds is 7. The highest BCUT2D eigenvalue weighted by atomic mass is 32.2. The number of thioether (sulfide) groups is 1. The number of hydrogen-bond donors (Lipinski definition) is 3. The molecule has 0 radical (unpaired) electrons. The monoisotopic (exact) mass is 313 g/mol. The fraction of sp³-hybridized carbons (Fsp3) is 0.538. The summed E-state index contributed by atoms with van der Waals surface area (Å²) in [7, 11) is 4.18. The third-order valence-corrected chi connectivity index (χ3v) is 4.96. The van der Waals surface area contributed by atoms with Gasteiger partial charge in [0.15, 0.2) is 11.7 Å². The van der Waals surface area contributed by atoms with E-state index in [1.54, 1.807) is 0 Å². The molecule has 0 aromatic carbocycles. The molecule has 0 aliphatic rings. The van der Waals surface area contributed by atoms with E-state index in [1.807, 2.05) is 23.1 Å². The molecule has 20 heavy (non-hydrogen) atoms. The Balaban J connectivity index is 2.36. The maximum atomic E-state index is 7.11. The van der Waals surface area contributed by atoms with Crippen LogP contribution in [0.15, 0.2) is 11.1 Å². The molecule has 112 valence electrons. The average Bonchev–Trinajstić information content (AvgIpc) is 2.68. The summed E-state index contributed by atoms with van der Waals surface area (Å²) in [5.41, 5.74) is 12.1. The van der Waals surface area contributed by atoms with Crippen molar-refractivity contribution in [2.24, 2.45) is 16.5 Å². The highest BCUT2D eigenvalue weighted by Gasteiger charge is 2.06. The van der Waals surface area contributed by atoms with E-state index < -0.39 is 0 Å². The molecule has 0 amide bonds.